The van der Waals surface area contributed by atoms with Crippen LogP contribution in [-0.2, 0) is 9.90 Å². The van der Waals surface area contributed by atoms with Crippen LogP contribution in [0.2, 0.25) is 0 Å². The zero-order chi connectivity index (χ0) is 9.07. The van der Waals surface area contributed by atoms with Crippen LogP contribution < -0.4 is 0 Å². The lowest BCUT2D eigenvalue weighted by atomic mass is 9.89. The molecule has 0 aliphatic rings. The highest BCUT2D eigenvalue weighted by Gasteiger charge is 2.28. The third-order valence-electron chi connectivity index (χ3n) is 1.74. The van der Waals surface area contributed by atoms with Gasteiger partial charge in [0.15, 0.2) is 0 Å². The molecule has 0 saturated heterocycles. The highest BCUT2D eigenvalue weighted by molar-refractivity contribution is 5.73. The van der Waals surface area contributed by atoms with Crippen LogP contribution in [0.25, 0.3) is 0 Å². The minimum Gasteiger partial charge on any atom is -0.309 e. The van der Waals surface area contributed by atoms with Crippen LogP contribution >= 0.6 is 0 Å². The topological polar surface area (TPSA) is 40.2 Å². The van der Waals surface area contributed by atoms with E-state index in [0.29, 0.717) is 6.42 Å². The number of rotatable bonds is 4. The molecule has 3 nitrogen and oxygen atoms in total. The maximum atomic E-state index is 10.5. The molecular weight excluding hydrogens is 142 g/mol. The summed E-state index contributed by atoms with van der Waals surface area (Å²) in [6.45, 7) is 4.15. The summed E-state index contributed by atoms with van der Waals surface area (Å²) in [6, 6.07) is 0. The maximum Gasteiger partial charge on any atom is 0.361 e. The Bertz CT molecular complexity index is 141. The number of carbonyl (C=O) groups excluding carboxylic acids is 1. The predicted molar refractivity (Wildman–Crippen MR) is 42.6 cm³/mol. The van der Waals surface area contributed by atoms with Gasteiger partial charge in [-0.15, -0.1) is 0 Å². The molecule has 0 aliphatic heterocycles. The lowest BCUT2D eigenvalue weighted by Gasteiger charge is -2.19. The van der Waals surface area contributed by atoms with Gasteiger partial charge in [0.2, 0.25) is 0 Å². The molecule has 65 valence electrons. The van der Waals surface area contributed by atoms with Gasteiger partial charge in [-0.25, -0.2) is 9.90 Å². The molecule has 11 heavy (non-hydrogen) atoms. The Morgan fingerprint density at radius 3 is 2.09 bits per heavy atom. The van der Waals surface area contributed by atoms with Gasteiger partial charge in [0.05, 0.1) is 5.41 Å². The Hall–Kier alpha value is -0.570. The van der Waals surface area contributed by atoms with E-state index in [0.717, 1.165) is 6.54 Å². The Morgan fingerprint density at radius 1 is 1.36 bits per heavy atom. The summed E-state index contributed by atoms with van der Waals surface area (Å²) in [6.07, 6.45) is 0.627. The first-order valence-electron chi connectivity index (χ1n) is 3.72. The third-order valence-corrected chi connectivity index (χ3v) is 1.74. The van der Waals surface area contributed by atoms with Gasteiger partial charge in [0.1, 0.15) is 0 Å². The standard InChI is InChI=1S/C8H16NO2/c1-8(2,7(10)11)5-6-9(3)4/h5-6H2,1-4H3. The van der Waals surface area contributed by atoms with E-state index < -0.39 is 11.4 Å². The Balaban J connectivity index is 3.83. The molecule has 0 rings (SSSR count). The summed E-state index contributed by atoms with van der Waals surface area (Å²) >= 11 is 0. The van der Waals surface area contributed by atoms with Crippen LogP contribution in [0.3, 0.4) is 0 Å². The first-order chi connectivity index (χ1) is 4.86. The second-order valence-electron chi connectivity index (χ2n) is 3.72. The normalized spacial score (nSPS) is 12.1. The number of hydrogen-bond donors (Lipinski definition) is 0. The Morgan fingerprint density at radius 2 is 1.82 bits per heavy atom. The van der Waals surface area contributed by atoms with E-state index in [1.165, 1.54) is 0 Å². The molecule has 0 aromatic carbocycles. The summed E-state index contributed by atoms with van der Waals surface area (Å²) in [5, 5.41) is 10.5. The number of carbonyl (C=O) groups is 1. The van der Waals surface area contributed by atoms with Gasteiger partial charge < -0.3 is 4.90 Å². The van der Waals surface area contributed by atoms with Crippen molar-refractivity contribution in [1.82, 2.24) is 4.90 Å². The minimum absolute atomic E-state index is 0.627. The fraction of sp³-hybridized carbons (Fsp3) is 0.875. The molecule has 3 heteroatoms. The Kier molecular flexibility index (Phi) is 3.52. The highest BCUT2D eigenvalue weighted by atomic mass is 16.4. The van der Waals surface area contributed by atoms with E-state index >= 15 is 0 Å². The van der Waals surface area contributed by atoms with E-state index in [4.69, 9.17) is 0 Å². The minimum atomic E-state index is -0.973. The summed E-state index contributed by atoms with van der Waals surface area (Å²) in [5.74, 6) is -0.973. The summed E-state index contributed by atoms with van der Waals surface area (Å²) in [7, 11) is 3.84. The van der Waals surface area contributed by atoms with E-state index in [1.807, 2.05) is 19.0 Å². The molecule has 0 spiro atoms. The van der Waals surface area contributed by atoms with Crippen LogP contribution in [0, 0.1) is 5.41 Å². The van der Waals surface area contributed by atoms with Crippen molar-refractivity contribution in [2.75, 3.05) is 20.6 Å². The first kappa shape index (κ1) is 10.4. The van der Waals surface area contributed by atoms with Crippen LogP contribution in [0.5, 0.6) is 0 Å². The molecule has 0 heterocycles. The van der Waals surface area contributed by atoms with Crippen molar-refractivity contribution in [3.8, 4) is 0 Å². The van der Waals surface area contributed by atoms with Crippen molar-refractivity contribution in [2.24, 2.45) is 5.41 Å². The summed E-state index contributed by atoms with van der Waals surface area (Å²) < 4.78 is 0. The fourth-order valence-corrected chi connectivity index (χ4v) is 0.605. The van der Waals surface area contributed by atoms with Gasteiger partial charge in [-0.3, -0.25) is 0 Å². The molecular formula is C8H16NO2. The monoisotopic (exact) mass is 158 g/mol. The summed E-state index contributed by atoms with van der Waals surface area (Å²) in [5.41, 5.74) is -0.704. The van der Waals surface area contributed by atoms with Crippen molar-refractivity contribution in [3.63, 3.8) is 0 Å². The first-order valence-corrected chi connectivity index (χ1v) is 3.72. The van der Waals surface area contributed by atoms with Crippen LogP contribution in [0.15, 0.2) is 0 Å². The lowest BCUT2D eigenvalue weighted by Crippen LogP contribution is -2.27. The van der Waals surface area contributed by atoms with E-state index in [9.17, 15) is 9.90 Å². The van der Waals surface area contributed by atoms with E-state index in [1.54, 1.807) is 13.8 Å². The quantitative estimate of drug-likeness (QED) is 0.610. The van der Waals surface area contributed by atoms with Gasteiger partial charge in [-0.05, 0) is 40.9 Å². The van der Waals surface area contributed by atoms with Crippen LogP contribution in [0.4, 0.5) is 0 Å². The zero-order valence-electron chi connectivity index (χ0n) is 7.68. The molecule has 0 unspecified atom stereocenters. The molecule has 0 aromatic heterocycles. The van der Waals surface area contributed by atoms with Crippen molar-refractivity contribution < 1.29 is 9.90 Å². The van der Waals surface area contributed by atoms with Crippen molar-refractivity contribution in [3.05, 3.63) is 0 Å². The highest BCUT2D eigenvalue weighted by Crippen LogP contribution is 2.20. The largest absolute Gasteiger partial charge is 0.361 e. The maximum absolute atomic E-state index is 10.5. The Labute approximate surface area is 68.0 Å². The smallest absolute Gasteiger partial charge is 0.309 e. The van der Waals surface area contributed by atoms with E-state index in [-0.39, 0.29) is 0 Å². The molecule has 0 fully saturated rings. The second kappa shape index (κ2) is 3.72. The van der Waals surface area contributed by atoms with Gasteiger partial charge in [0, 0.05) is 0 Å². The van der Waals surface area contributed by atoms with Crippen molar-refractivity contribution >= 4 is 5.97 Å². The average Bonchev–Trinajstić information content (AvgIpc) is 1.84. The zero-order valence-corrected chi connectivity index (χ0v) is 7.68. The van der Waals surface area contributed by atoms with Crippen LogP contribution in [-0.4, -0.2) is 31.5 Å². The van der Waals surface area contributed by atoms with Crippen molar-refractivity contribution in [1.29, 1.82) is 0 Å². The summed E-state index contributed by atoms with van der Waals surface area (Å²) in [4.78, 5) is 12.5. The second-order valence-corrected chi connectivity index (χ2v) is 3.72. The number of hydrogen-bond acceptors (Lipinski definition) is 2. The fourth-order valence-electron chi connectivity index (χ4n) is 0.605. The third kappa shape index (κ3) is 3.98. The molecule has 0 atom stereocenters. The molecule has 0 saturated carbocycles. The predicted octanol–water partition coefficient (Wildman–Crippen LogP) is 0.921. The molecule has 0 bridgehead atoms. The van der Waals surface area contributed by atoms with Gasteiger partial charge in [-0.1, -0.05) is 0 Å². The molecule has 1 radical (unpaired) electrons. The van der Waals surface area contributed by atoms with E-state index in [2.05, 4.69) is 0 Å². The molecule has 0 amide bonds. The van der Waals surface area contributed by atoms with Gasteiger partial charge in [0.25, 0.3) is 0 Å². The molecule has 0 aliphatic carbocycles. The van der Waals surface area contributed by atoms with Crippen molar-refractivity contribution in [2.45, 2.75) is 20.3 Å². The lowest BCUT2D eigenvalue weighted by molar-refractivity contribution is -0.154. The molecule has 0 N–H and O–H groups in total. The number of nitrogens with zero attached hydrogens (tertiary/aromatic N) is 1. The molecule has 0 aromatic rings. The average molecular weight is 158 g/mol. The van der Waals surface area contributed by atoms with Gasteiger partial charge in [-0.2, -0.15) is 0 Å². The SMILES string of the molecule is CN(C)CCC(C)(C)C([O])=O. The van der Waals surface area contributed by atoms with Gasteiger partial charge >= 0.3 is 5.97 Å². The van der Waals surface area contributed by atoms with Crippen LogP contribution in [0.1, 0.15) is 20.3 Å².